The second-order valence-corrected chi connectivity index (χ2v) is 8.46. The summed E-state index contributed by atoms with van der Waals surface area (Å²) in [4.78, 5) is 29.7. The van der Waals surface area contributed by atoms with Crippen LogP contribution in [0.5, 0.6) is 5.75 Å². The molecule has 27 heavy (non-hydrogen) atoms. The summed E-state index contributed by atoms with van der Waals surface area (Å²) in [6.45, 7) is 6.99. The first-order chi connectivity index (χ1) is 12.9. The molecule has 2 saturated heterocycles. The molecule has 0 saturated carbocycles. The Kier molecular flexibility index (Phi) is 6.08. The molecule has 0 radical (unpaired) electrons. The zero-order valence-electron chi connectivity index (χ0n) is 16.9. The first-order valence-corrected chi connectivity index (χ1v) is 10.1. The maximum absolute atomic E-state index is 13.3. The number of methoxy groups -OCH3 is 1. The number of piperidine rings is 1. The maximum atomic E-state index is 13.3. The van der Waals surface area contributed by atoms with Crippen LogP contribution in [-0.2, 0) is 16.1 Å². The standard InChI is InChI=1S/C22H32N2O3/c1-17(2)8-9-20(25)24-13-11-22(16-24)10-5-12-23(21(22)26)15-18-6-4-7-19(14-18)27-3/h4,6-7,14,17H,5,8-13,15-16H2,1-3H3/t22-/m0/s1. The molecule has 0 bridgehead atoms. The van der Waals surface area contributed by atoms with Gasteiger partial charge in [0.15, 0.2) is 0 Å². The number of hydrogen-bond acceptors (Lipinski definition) is 3. The molecule has 2 aliphatic heterocycles. The predicted molar refractivity (Wildman–Crippen MR) is 105 cm³/mol. The zero-order valence-corrected chi connectivity index (χ0v) is 16.9. The molecule has 3 rings (SSSR count). The zero-order chi connectivity index (χ0) is 19.4. The fourth-order valence-electron chi connectivity index (χ4n) is 4.33. The number of carbonyl (C=O) groups is 2. The van der Waals surface area contributed by atoms with Gasteiger partial charge < -0.3 is 14.5 Å². The van der Waals surface area contributed by atoms with Crippen LogP contribution in [0.2, 0.25) is 0 Å². The SMILES string of the molecule is COc1cccc(CN2CCC[C@@]3(CCN(C(=O)CCC(C)C)C3)C2=O)c1. The van der Waals surface area contributed by atoms with E-state index in [4.69, 9.17) is 4.74 Å². The second-order valence-electron chi connectivity index (χ2n) is 8.46. The van der Waals surface area contributed by atoms with Crippen LogP contribution in [0.1, 0.15) is 51.5 Å². The Morgan fingerprint density at radius 1 is 1.26 bits per heavy atom. The maximum Gasteiger partial charge on any atom is 0.230 e. The van der Waals surface area contributed by atoms with Gasteiger partial charge in [0.2, 0.25) is 11.8 Å². The van der Waals surface area contributed by atoms with Gasteiger partial charge in [-0.05, 0) is 49.3 Å². The van der Waals surface area contributed by atoms with E-state index in [2.05, 4.69) is 13.8 Å². The van der Waals surface area contributed by atoms with E-state index in [1.165, 1.54) is 0 Å². The highest BCUT2D eigenvalue weighted by molar-refractivity contribution is 5.86. The summed E-state index contributed by atoms with van der Waals surface area (Å²) in [5.41, 5.74) is 0.715. The Morgan fingerprint density at radius 2 is 2.07 bits per heavy atom. The first kappa shape index (κ1) is 19.7. The second kappa shape index (κ2) is 8.32. The lowest BCUT2D eigenvalue weighted by atomic mass is 9.78. The predicted octanol–water partition coefficient (Wildman–Crippen LogP) is 3.47. The Morgan fingerprint density at radius 3 is 2.81 bits per heavy atom. The molecular formula is C22H32N2O3. The number of ether oxygens (including phenoxy) is 1. The minimum Gasteiger partial charge on any atom is -0.497 e. The lowest BCUT2D eigenvalue weighted by molar-refractivity contribution is -0.146. The van der Waals surface area contributed by atoms with Crippen LogP contribution >= 0.6 is 0 Å². The third-order valence-electron chi connectivity index (χ3n) is 5.97. The van der Waals surface area contributed by atoms with Gasteiger partial charge in [0, 0.05) is 32.6 Å². The van der Waals surface area contributed by atoms with Gasteiger partial charge in [-0.15, -0.1) is 0 Å². The van der Waals surface area contributed by atoms with Crippen LogP contribution < -0.4 is 4.74 Å². The number of hydrogen-bond donors (Lipinski definition) is 0. The van der Waals surface area contributed by atoms with E-state index < -0.39 is 0 Å². The Labute approximate surface area is 162 Å². The largest absolute Gasteiger partial charge is 0.497 e. The number of amides is 2. The van der Waals surface area contributed by atoms with Gasteiger partial charge in [0.05, 0.1) is 12.5 Å². The molecule has 0 N–H and O–H groups in total. The quantitative estimate of drug-likeness (QED) is 0.768. The van der Waals surface area contributed by atoms with Crippen molar-refractivity contribution >= 4 is 11.8 Å². The van der Waals surface area contributed by atoms with Crippen molar-refractivity contribution in [1.82, 2.24) is 9.80 Å². The molecule has 2 aliphatic rings. The average molecular weight is 373 g/mol. The lowest BCUT2D eigenvalue weighted by Gasteiger charge is -2.39. The van der Waals surface area contributed by atoms with Crippen molar-refractivity contribution in [1.29, 1.82) is 0 Å². The van der Waals surface area contributed by atoms with Crippen molar-refractivity contribution in [3.63, 3.8) is 0 Å². The monoisotopic (exact) mass is 372 g/mol. The van der Waals surface area contributed by atoms with Crippen LogP contribution in [0, 0.1) is 11.3 Å². The smallest absolute Gasteiger partial charge is 0.230 e. The van der Waals surface area contributed by atoms with E-state index in [1.54, 1.807) is 7.11 Å². The molecule has 2 heterocycles. The molecule has 1 aromatic carbocycles. The van der Waals surface area contributed by atoms with Crippen molar-refractivity contribution in [2.75, 3.05) is 26.7 Å². The number of rotatable bonds is 6. The summed E-state index contributed by atoms with van der Waals surface area (Å²) in [6.07, 6.45) is 4.21. The molecular weight excluding hydrogens is 340 g/mol. The van der Waals surface area contributed by atoms with Crippen molar-refractivity contribution in [3.05, 3.63) is 29.8 Å². The molecule has 2 amide bonds. The van der Waals surface area contributed by atoms with Gasteiger partial charge >= 0.3 is 0 Å². The van der Waals surface area contributed by atoms with Crippen molar-refractivity contribution in [2.45, 2.75) is 52.5 Å². The third-order valence-corrected chi connectivity index (χ3v) is 5.97. The average Bonchev–Trinajstić information content (AvgIpc) is 3.09. The first-order valence-electron chi connectivity index (χ1n) is 10.1. The van der Waals surface area contributed by atoms with Crippen LogP contribution in [-0.4, -0.2) is 48.4 Å². The van der Waals surface area contributed by atoms with Gasteiger partial charge in [-0.25, -0.2) is 0 Å². The summed E-state index contributed by atoms with van der Waals surface area (Å²) in [5, 5.41) is 0. The van der Waals surface area contributed by atoms with Crippen molar-refractivity contribution in [2.24, 2.45) is 11.3 Å². The van der Waals surface area contributed by atoms with Crippen LogP contribution in [0.25, 0.3) is 0 Å². The topological polar surface area (TPSA) is 49.9 Å². The molecule has 2 fully saturated rings. The highest BCUT2D eigenvalue weighted by atomic mass is 16.5. The lowest BCUT2D eigenvalue weighted by Crippen LogP contribution is -2.50. The Bertz CT molecular complexity index is 688. The molecule has 5 heteroatoms. The normalized spacial score (nSPS) is 22.7. The van der Waals surface area contributed by atoms with Gasteiger partial charge in [-0.1, -0.05) is 26.0 Å². The highest BCUT2D eigenvalue weighted by Gasteiger charge is 2.49. The number of likely N-dealkylation sites (tertiary alicyclic amines) is 2. The van der Waals surface area contributed by atoms with E-state index in [0.717, 1.165) is 50.1 Å². The molecule has 0 aliphatic carbocycles. The van der Waals surface area contributed by atoms with Gasteiger partial charge in [-0.2, -0.15) is 0 Å². The molecule has 0 unspecified atom stereocenters. The summed E-state index contributed by atoms with van der Waals surface area (Å²) >= 11 is 0. The van der Waals surface area contributed by atoms with Crippen molar-refractivity contribution < 1.29 is 14.3 Å². The Hall–Kier alpha value is -2.04. The van der Waals surface area contributed by atoms with E-state index in [0.29, 0.717) is 25.4 Å². The molecule has 1 atom stereocenters. The number of carbonyl (C=O) groups excluding carboxylic acids is 2. The van der Waals surface area contributed by atoms with E-state index in [1.807, 2.05) is 34.1 Å². The minimum atomic E-state index is -0.370. The molecule has 148 valence electrons. The molecule has 1 aromatic rings. The number of nitrogens with zero attached hydrogens (tertiary/aromatic N) is 2. The van der Waals surface area contributed by atoms with Gasteiger partial charge in [0.1, 0.15) is 5.75 Å². The van der Waals surface area contributed by atoms with E-state index in [-0.39, 0.29) is 17.2 Å². The number of benzene rings is 1. The van der Waals surface area contributed by atoms with Crippen molar-refractivity contribution in [3.8, 4) is 5.75 Å². The molecule has 5 nitrogen and oxygen atoms in total. The fraction of sp³-hybridized carbons (Fsp3) is 0.636. The van der Waals surface area contributed by atoms with Crippen LogP contribution in [0.15, 0.2) is 24.3 Å². The fourth-order valence-corrected chi connectivity index (χ4v) is 4.33. The highest BCUT2D eigenvalue weighted by Crippen LogP contribution is 2.40. The van der Waals surface area contributed by atoms with Crippen LogP contribution in [0.4, 0.5) is 0 Å². The van der Waals surface area contributed by atoms with Gasteiger partial charge in [-0.3, -0.25) is 9.59 Å². The minimum absolute atomic E-state index is 0.207. The summed E-state index contributed by atoms with van der Waals surface area (Å²) in [7, 11) is 1.66. The molecule has 0 aromatic heterocycles. The van der Waals surface area contributed by atoms with Crippen LogP contribution in [0.3, 0.4) is 0 Å². The summed E-state index contributed by atoms with van der Waals surface area (Å²) in [5.74, 6) is 1.77. The van der Waals surface area contributed by atoms with E-state index >= 15 is 0 Å². The summed E-state index contributed by atoms with van der Waals surface area (Å²) in [6, 6.07) is 7.90. The third kappa shape index (κ3) is 4.45. The van der Waals surface area contributed by atoms with E-state index in [9.17, 15) is 9.59 Å². The molecule has 1 spiro atoms. The summed E-state index contributed by atoms with van der Waals surface area (Å²) < 4.78 is 5.30. The van der Waals surface area contributed by atoms with Gasteiger partial charge in [0.25, 0.3) is 0 Å². The Balaban J connectivity index is 1.65.